The topological polar surface area (TPSA) is 62.5 Å². The third kappa shape index (κ3) is 2.95. The number of hydrogen-bond donors (Lipinski definition) is 1. The van der Waals surface area contributed by atoms with E-state index in [-0.39, 0.29) is 11.9 Å². The highest BCUT2D eigenvalue weighted by Crippen LogP contribution is 2.24. The molecule has 1 fully saturated rings. The fraction of sp³-hybridized carbons (Fsp3) is 0.316. The molecule has 1 aliphatic heterocycles. The fourth-order valence-corrected chi connectivity index (χ4v) is 3.49. The van der Waals surface area contributed by atoms with Gasteiger partial charge in [-0.15, -0.1) is 0 Å². The molecule has 0 bridgehead atoms. The van der Waals surface area contributed by atoms with E-state index in [0.29, 0.717) is 6.54 Å². The van der Waals surface area contributed by atoms with Gasteiger partial charge in [0.05, 0.1) is 18.8 Å². The van der Waals surface area contributed by atoms with Crippen LogP contribution in [0.1, 0.15) is 16.8 Å². The van der Waals surface area contributed by atoms with Gasteiger partial charge in [-0.1, -0.05) is 30.3 Å². The molecule has 128 valence electrons. The van der Waals surface area contributed by atoms with Gasteiger partial charge >= 0.3 is 0 Å². The molecular formula is C19H21N5O. The Balaban J connectivity index is 1.67. The summed E-state index contributed by atoms with van der Waals surface area (Å²) in [4.78, 5) is 19.0. The summed E-state index contributed by atoms with van der Waals surface area (Å²) in [7, 11) is 0. The highest BCUT2D eigenvalue weighted by Gasteiger charge is 2.28. The Morgan fingerprint density at radius 2 is 2.00 bits per heavy atom. The lowest BCUT2D eigenvalue weighted by Gasteiger charge is -2.35. The van der Waals surface area contributed by atoms with Gasteiger partial charge < -0.3 is 10.2 Å². The normalized spacial score (nSPS) is 17.8. The molecule has 0 unspecified atom stereocenters. The van der Waals surface area contributed by atoms with Crippen molar-refractivity contribution in [2.45, 2.75) is 26.3 Å². The average molecular weight is 335 g/mol. The van der Waals surface area contributed by atoms with Gasteiger partial charge in [-0.25, -0.2) is 4.98 Å². The summed E-state index contributed by atoms with van der Waals surface area (Å²) in [6, 6.07) is 12.2. The number of aromatic nitrogens is 3. The molecule has 0 radical (unpaired) electrons. The van der Waals surface area contributed by atoms with E-state index < -0.39 is 0 Å². The van der Waals surface area contributed by atoms with Crippen LogP contribution in [0.4, 0.5) is 5.82 Å². The van der Waals surface area contributed by atoms with Crippen molar-refractivity contribution >= 4 is 17.4 Å². The van der Waals surface area contributed by atoms with Crippen molar-refractivity contribution in [1.29, 1.82) is 0 Å². The van der Waals surface area contributed by atoms with Crippen molar-refractivity contribution in [3.63, 3.8) is 0 Å². The summed E-state index contributed by atoms with van der Waals surface area (Å²) >= 11 is 0. The molecule has 25 heavy (non-hydrogen) atoms. The SMILES string of the molecule is Cc1nc2ccnn2c(N2CC(=O)N[C@@H](Cc3ccccc3)C2)c1C. The van der Waals surface area contributed by atoms with E-state index in [4.69, 9.17) is 0 Å². The first-order valence-electron chi connectivity index (χ1n) is 8.51. The summed E-state index contributed by atoms with van der Waals surface area (Å²) in [6.07, 6.45) is 2.56. The van der Waals surface area contributed by atoms with Crippen LogP contribution in [-0.4, -0.2) is 39.6 Å². The number of aryl methyl sites for hydroxylation is 1. The second-order valence-electron chi connectivity index (χ2n) is 6.58. The Labute approximate surface area is 146 Å². The number of amides is 1. The van der Waals surface area contributed by atoms with E-state index in [9.17, 15) is 4.79 Å². The molecular weight excluding hydrogens is 314 g/mol. The minimum absolute atomic E-state index is 0.0429. The van der Waals surface area contributed by atoms with Gasteiger partial charge in [-0.3, -0.25) is 4.79 Å². The highest BCUT2D eigenvalue weighted by atomic mass is 16.2. The third-order valence-electron chi connectivity index (χ3n) is 4.75. The van der Waals surface area contributed by atoms with Crippen LogP contribution in [-0.2, 0) is 11.2 Å². The predicted molar refractivity (Wildman–Crippen MR) is 96.8 cm³/mol. The molecule has 1 N–H and O–H groups in total. The molecule has 2 aromatic heterocycles. The summed E-state index contributed by atoms with van der Waals surface area (Å²) < 4.78 is 1.83. The number of carbonyl (C=O) groups excluding carboxylic acids is 1. The number of fused-ring (bicyclic) bond motifs is 1. The molecule has 0 saturated carbocycles. The summed E-state index contributed by atoms with van der Waals surface area (Å²) in [5.41, 5.74) is 4.06. The van der Waals surface area contributed by atoms with Crippen molar-refractivity contribution in [2.75, 3.05) is 18.0 Å². The molecule has 1 atom stereocenters. The van der Waals surface area contributed by atoms with Gasteiger partial charge in [0.15, 0.2) is 5.65 Å². The maximum Gasteiger partial charge on any atom is 0.239 e. The van der Waals surface area contributed by atoms with Gasteiger partial charge in [-0.05, 0) is 25.8 Å². The molecule has 6 nitrogen and oxygen atoms in total. The lowest BCUT2D eigenvalue weighted by molar-refractivity contribution is -0.121. The minimum atomic E-state index is 0.0429. The van der Waals surface area contributed by atoms with Crippen LogP contribution < -0.4 is 10.2 Å². The first-order valence-corrected chi connectivity index (χ1v) is 8.51. The van der Waals surface area contributed by atoms with E-state index in [1.54, 1.807) is 6.20 Å². The van der Waals surface area contributed by atoms with Crippen molar-refractivity contribution in [3.05, 3.63) is 59.4 Å². The van der Waals surface area contributed by atoms with Gasteiger partial charge in [0, 0.05) is 23.9 Å². The summed E-state index contributed by atoms with van der Waals surface area (Å²) in [6.45, 7) is 5.12. The number of nitrogens with zero attached hydrogens (tertiary/aromatic N) is 4. The smallest absolute Gasteiger partial charge is 0.239 e. The zero-order chi connectivity index (χ0) is 17.4. The number of carbonyl (C=O) groups is 1. The maximum absolute atomic E-state index is 12.3. The Kier molecular flexibility index (Phi) is 3.87. The van der Waals surface area contributed by atoms with Gasteiger partial charge in [0.1, 0.15) is 5.82 Å². The number of nitrogens with one attached hydrogen (secondary N) is 1. The van der Waals surface area contributed by atoms with Crippen LogP contribution in [0.2, 0.25) is 0 Å². The lowest BCUT2D eigenvalue weighted by atomic mass is 10.0. The molecule has 3 aromatic rings. The van der Waals surface area contributed by atoms with E-state index >= 15 is 0 Å². The van der Waals surface area contributed by atoms with Crippen molar-refractivity contribution in [3.8, 4) is 0 Å². The molecule has 1 aliphatic rings. The second kappa shape index (κ2) is 6.20. The Hall–Kier alpha value is -2.89. The number of hydrogen-bond acceptors (Lipinski definition) is 4. The number of anilines is 1. The molecule has 1 aromatic carbocycles. The fourth-order valence-electron chi connectivity index (χ4n) is 3.49. The van der Waals surface area contributed by atoms with E-state index in [1.165, 1.54) is 5.56 Å². The van der Waals surface area contributed by atoms with Gasteiger partial charge in [0.2, 0.25) is 5.91 Å². The standard InChI is InChI=1S/C19H21N5O/c1-13-14(2)21-17-8-9-20-24(17)19(13)23-11-16(22-18(25)12-23)10-15-6-4-3-5-7-15/h3-9,16H,10-12H2,1-2H3,(H,22,25)/t16-/m0/s1. The third-order valence-corrected chi connectivity index (χ3v) is 4.75. The van der Waals surface area contributed by atoms with Crippen LogP contribution in [0, 0.1) is 13.8 Å². The monoisotopic (exact) mass is 335 g/mol. The van der Waals surface area contributed by atoms with Crippen LogP contribution >= 0.6 is 0 Å². The molecule has 3 heterocycles. The molecule has 1 saturated heterocycles. The van der Waals surface area contributed by atoms with Gasteiger partial charge in [-0.2, -0.15) is 9.61 Å². The Morgan fingerprint density at radius 1 is 1.20 bits per heavy atom. The zero-order valence-corrected chi connectivity index (χ0v) is 14.4. The van der Waals surface area contributed by atoms with Crippen LogP contribution in [0.3, 0.4) is 0 Å². The van der Waals surface area contributed by atoms with Crippen molar-refractivity contribution < 1.29 is 4.79 Å². The zero-order valence-electron chi connectivity index (χ0n) is 14.4. The number of piperazine rings is 1. The van der Waals surface area contributed by atoms with Gasteiger partial charge in [0.25, 0.3) is 0 Å². The second-order valence-corrected chi connectivity index (χ2v) is 6.58. The minimum Gasteiger partial charge on any atom is -0.350 e. The van der Waals surface area contributed by atoms with Crippen LogP contribution in [0.15, 0.2) is 42.6 Å². The van der Waals surface area contributed by atoms with E-state index in [0.717, 1.165) is 35.7 Å². The first kappa shape index (κ1) is 15.6. The molecule has 0 spiro atoms. The molecule has 0 aliphatic carbocycles. The van der Waals surface area contributed by atoms with E-state index in [2.05, 4.69) is 32.4 Å². The summed E-state index contributed by atoms with van der Waals surface area (Å²) in [5, 5.41) is 7.53. The van der Waals surface area contributed by atoms with Crippen molar-refractivity contribution in [2.24, 2.45) is 0 Å². The number of rotatable bonds is 3. The average Bonchev–Trinajstić information content (AvgIpc) is 3.04. The quantitative estimate of drug-likeness (QED) is 0.794. The number of benzene rings is 1. The Morgan fingerprint density at radius 3 is 2.80 bits per heavy atom. The maximum atomic E-state index is 12.3. The molecule has 4 rings (SSSR count). The van der Waals surface area contributed by atoms with E-state index in [1.807, 2.05) is 42.6 Å². The summed E-state index contributed by atoms with van der Waals surface area (Å²) in [5.74, 6) is 1.00. The Bertz CT molecular complexity index is 918. The van der Waals surface area contributed by atoms with Crippen LogP contribution in [0.25, 0.3) is 5.65 Å². The lowest BCUT2D eigenvalue weighted by Crippen LogP contribution is -2.55. The van der Waals surface area contributed by atoms with Crippen molar-refractivity contribution in [1.82, 2.24) is 19.9 Å². The van der Waals surface area contributed by atoms with Crippen LogP contribution in [0.5, 0.6) is 0 Å². The predicted octanol–water partition coefficient (Wildman–Crippen LogP) is 1.89. The first-order chi connectivity index (χ1) is 12.1. The molecule has 1 amide bonds. The largest absolute Gasteiger partial charge is 0.350 e. The highest BCUT2D eigenvalue weighted by molar-refractivity contribution is 5.83. The molecule has 6 heteroatoms.